The topological polar surface area (TPSA) is 87.3 Å². The van der Waals surface area contributed by atoms with Crippen molar-refractivity contribution in [2.24, 2.45) is 0 Å². The van der Waals surface area contributed by atoms with Gasteiger partial charge in [0.05, 0.1) is 24.0 Å². The molecule has 1 fully saturated rings. The summed E-state index contributed by atoms with van der Waals surface area (Å²) in [6.07, 6.45) is 6.13. The molecule has 0 aliphatic carbocycles. The van der Waals surface area contributed by atoms with E-state index in [1.807, 2.05) is 12.3 Å². The molecule has 8 nitrogen and oxygen atoms in total. The minimum Gasteiger partial charge on any atom is -0.497 e. The van der Waals surface area contributed by atoms with Gasteiger partial charge in [-0.3, -0.25) is 10.00 Å². The summed E-state index contributed by atoms with van der Waals surface area (Å²) in [5, 5.41) is 15.6. The first-order valence-corrected chi connectivity index (χ1v) is 14.6. The van der Waals surface area contributed by atoms with E-state index in [4.69, 9.17) is 9.47 Å². The van der Waals surface area contributed by atoms with Gasteiger partial charge in [0.15, 0.2) is 5.82 Å². The van der Waals surface area contributed by atoms with Gasteiger partial charge in [0, 0.05) is 36.0 Å². The van der Waals surface area contributed by atoms with Gasteiger partial charge in [0.2, 0.25) is 0 Å². The van der Waals surface area contributed by atoms with E-state index in [9.17, 15) is 4.39 Å². The molecule has 3 N–H and O–H groups in total. The first-order chi connectivity index (χ1) is 21.0. The van der Waals surface area contributed by atoms with Crippen LogP contribution in [0.3, 0.4) is 0 Å². The molecule has 2 aliphatic heterocycles. The van der Waals surface area contributed by atoms with Crippen molar-refractivity contribution in [3.05, 3.63) is 90.1 Å². The molecule has 1 saturated heterocycles. The highest BCUT2D eigenvalue weighted by atomic mass is 19.1. The number of anilines is 2. The van der Waals surface area contributed by atoms with Crippen LogP contribution in [-0.4, -0.2) is 53.4 Å². The predicted octanol–water partition coefficient (Wildman–Crippen LogP) is 7.06. The first-order valence-electron chi connectivity index (χ1n) is 14.6. The van der Waals surface area contributed by atoms with E-state index in [1.54, 1.807) is 12.3 Å². The number of aryl methyl sites for hydroxylation is 1. The van der Waals surface area contributed by atoms with Gasteiger partial charge in [-0.2, -0.15) is 5.10 Å². The fraction of sp³-hybridized carbons (Fsp3) is 0.235. The standard InChI is InChI=1S/C34H33FN6O2/c1-21-13-23(16-27(14-21)43-12-11-41-9-3-4-10-41)22-5-6-30-29(18-22)32(40-39-30)31-20-37-33-28(7-8-36-34(33)38-31)24-15-25(35)19-26(17-24)42-2/h5-8,13-20,37H,3-4,9-12H2,1-2H3,(H,36,38)(H,39,40). The number of H-pyrrole nitrogens is 1. The van der Waals surface area contributed by atoms with Crippen LogP contribution in [0.5, 0.6) is 11.5 Å². The zero-order chi connectivity index (χ0) is 29.3. The Morgan fingerprint density at radius 1 is 0.930 bits per heavy atom. The fourth-order valence-corrected chi connectivity index (χ4v) is 5.91. The number of likely N-dealkylation sites (tertiary alicyclic amines) is 1. The fourth-order valence-electron chi connectivity index (χ4n) is 5.91. The largest absolute Gasteiger partial charge is 0.497 e. The Labute approximate surface area is 249 Å². The number of aromatic nitrogens is 3. The normalized spacial score (nSPS) is 14.6. The molecule has 0 radical (unpaired) electrons. The van der Waals surface area contributed by atoms with Crippen molar-refractivity contribution in [2.75, 3.05) is 44.0 Å². The van der Waals surface area contributed by atoms with Crippen molar-refractivity contribution in [1.82, 2.24) is 20.1 Å². The van der Waals surface area contributed by atoms with Crippen molar-refractivity contribution < 1.29 is 13.9 Å². The van der Waals surface area contributed by atoms with Crippen molar-refractivity contribution in [3.63, 3.8) is 0 Å². The number of ether oxygens (including phenoxy) is 2. The second kappa shape index (κ2) is 11.4. The maximum absolute atomic E-state index is 14.3. The minimum absolute atomic E-state index is 0.368. The van der Waals surface area contributed by atoms with Crippen LogP contribution in [0.25, 0.3) is 38.9 Å². The number of benzene rings is 3. The first kappa shape index (κ1) is 27.0. The van der Waals surface area contributed by atoms with Crippen LogP contribution in [0.15, 0.2) is 73.1 Å². The van der Waals surface area contributed by atoms with Crippen molar-refractivity contribution in [1.29, 1.82) is 0 Å². The molecular weight excluding hydrogens is 543 g/mol. The van der Waals surface area contributed by atoms with Crippen LogP contribution in [0.4, 0.5) is 15.9 Å². The van der Waals surface area contributed by atoms with E-state index >= 15 is 0 Å². The monoisotopic (exact) mass is 576 g/mol. The molecule has 3 aromatic carbocycles. The number of fused-ring (bicyclic) bond motifs is 2. The second-order valence-electron chi connectivity index (χ2n) is 11.1. The van der Waals surface area contributed by atoms with Gasteiger partial charge in [-0.05, 0) is 97.6 Å². The number of pyridine rings is 1. The summed E-state index contributed by atoms with van der Waals surface area (Å²) < 4.78 is 25.7. The molecular formula is C34H33FN6O2. The highest BCUT2D eigenvalue weighted by Gasteiger charge is 2.21. The van der Waals surface area contributed by atoms with Crippen molar-refractivity contribution >= 4 is 28.1 Å². The summed E-state index contributed by atoms with van der Waals surface area (Å²) in [7, 11) is 1.52. The number of rotatable bonds is 8. The molecule has 0 saturated carbocycles. The Morgan fingerprint density at radius 3 is 2.65 bits per heavy atom. The lowest BCUT2D eigenvalue weighted by atomic mass is 10.00. The van der Waals surface area contributed by atoms with Gasteiger partial charge in [0.1, 0.15) is 29.6 Å². The lowest BCUT2D eigenvalue weighted by Crippen LogP contribution is -2.25. The van der Waals surface area contributed by atoms with Gasteiger partial charge in [-0.25, -0.2) is 9.37 Å². The maximum Gasteiger partial charge on any atom is 0.154 e. The number of methoxy groups -OCH3 is 1. The summed E-state index contributed by atoms with van der Waals surface area (Å²) in [4.78, 5) is 7.01. The number of nitrogens with one attached hydrogen (secondary N) is 3. The van der Waals surface area contributed by atoms with Crippen molar-refractivity contribution in [3.8, 4) is 33.8 Å². The molecule has 7 rings (SSSR count). The average Bonchev–Trinajstić information content (AvgIpc) is 3.70. The van der Waals surface area contributed by atoms with E-state index in [0.29, 0.717) is 23.7 Å². The van der Waals surface area contributed by atoms with Gasteiger partial charge >= 0.3 is 0 Å². The number of hydrogen-bond acceptors (Lipinski definition) is 7. The van der Waals surface area contributed by atoms with E-state index in [1.165, 1.54) is 45.2 Å². The third kappa shape index (κ3) is 5.51. The van der Waals surface area contributed by atoms with E-state index in [-0.39, 0.29) is 5.82 Å². The third-order valence-electron chi connectivity index (χ3n) is 8.06. The smallest absolute Gasteiger partial charge is 0.154 e. The highest BCUT2D eigenvalue weighted by molar-refractivity contribution is 6.00. The molecule has 2 aliphatic rings. The van der Waals surface area contributed by atoms with Gasteiger partial charge in [-0.1, -0.05) is 12.1 Å². The van der Waals surface area contributed by atoms with Gasteiger partial charge in [-0.15, -0.1) is 0 Å². The van der Waals surface area contributed by atoms with Crippen LogP contribution < -0.4 is 20.1 Å². The molecule has 4 heterocycles. The van der Waals surface area contributed by atoms with Gasteiger partial charge in [0.25, 0.3) is 0 Å². The molecule has 2 aromatic heterocycles. The lowest BCUT2D eigenvalue weighted by molar-refractivity contribution is 0.238. The summed E-state index contributed by atoms with van der Waals surface area (Å²) >= 11 is 0. The summed E-state index contributed by atoms with van der Waals surface area (Å²) in [5.74, 6) is 1.60. The second-order valence-corrected chi connectivity index (χ2v) is 11.1. The Kier molecular flexibility index (Phi) is 7.16. The molecule has 0 amide bonds. The highest BCUT2D eigenvalue weighted by Crippen LogP contribution is 2.39. The molecule has 43 heavy (non-hydrogen) atoms. The molecule has 218 valence electrons. The molecule has 9 heteroatoms. The zero-order valence-corrected chi connectivity index (χ0v) is 24.2. The van der Waals surface area contributed by atoms with Crippen LogP contribution >= 0.6 is 0 Å². The zero-order valence-electron chi connectivity index (χ0n) is 24.2. The number of halogens is 1. The molecule has 0 spiro atoms. The Morgan fingerprint density at radius 2 is 1.79 bits per heavy atom. The molecule has 0 unspecified atom stereocenters. The third-order valence-corrected chi connectivity index (χ3v) is 8.06. The lowest BCUT2D eigenvalue weighted by Gasteiger charge is -2.21. The number of hydrogen-bond donors (Lipinski definition) is 3. The van der Waals surface area contributed by atoms with E-state index in [2.05, 4.69) is 74.0 Å². The summed E-state index contributed by atoms with van der Waals surface area (Å²) in [5.41, 5.74) is 8.02. The SMILES string of the molecule is COc1cc(F)cc(-c2ccnc3c2NC=C(c2n[nH]c4ccc(-c5cc(C)cc(OCCN6CCCC6)c5)cc24)N3)c1. The maximum atomic E-state index is 14.3. The molecule has 0 bridgehead atoms. The van der Waals surface area contributed by atoms with Crippen LogP contribution in [0.2, 0.25) is 0 Å². The molecule has 0 atom stereocenters. The van der Waals surface area contributed by atoms with E-state index in [0.717, 1.165) is 62.5 Å². The average molecular weight is 577 g/mol. The van der Waals surface area contributed by atoms with Crippen LogP contribution in [0, 0.1) is 12.7 Å². The summed E-state index contributed by atoms with van der Waals surface area (Å²) in [6.45, 7) is 6.08. The van der Waals surface area contributed by atoms with E-state index < -0.39 is 0 Å². The van der Waals surface area contributed by atoms with Crippen LogP contribution in [0.1, 0.15) is 24.1 Å². The number of aromatic amines is 1. The quantitative estimate of drug-likeness (QED) is 0.182. The van der Waals surface area contributed by atoms with Crippen LogP contribution in [-0.2, 0) is 0 Å². The van der Waals surface area contributed by atoms with Gasteiger partial charge < -0.3 is 20.1 Å². The predicted molar refractivity (Wildman–Crippen MR) is 169 cm³/mol. The van der Waals surface area contributed by atoms with Crippen molar-refractivity contribution in [2.45, 2.75) is 19.8 Å². The Balaban J connectivity index is 1.16. The summed E-state index contributed by atoms with van der Waals surface area (Å²) in [6, 6.07) is 19.2. The Bertz CT molecular complexity index is 1840. The minimum atomic E-state index is -0.368. The Hall–Kier alpha value is -4.89. The molecule has 5 aromatic rings. The number of nitrogens with zero attached hydrogens (tertiary/aromatic N) is 3.